The van der Waals surface area contributed by atoms with Crippen molar-refractivity contribution >= 4 is 34.3 Å². The number of anilines is 3. The van der Waals surface area contributed by atoms with Crippen molar-refractivity contribution in [1.29, 1.82) is 0 Å². The molecular weight excluding hydrogens is 428 g/mol. The molecule has 5 rings (SSSR count). The van der Waals surface area contributed by atoms with Crippen molar-refractivity contribution in [3.63, 3.8) is 0 Å². The molecular formula is C26H26N6O2. The van der Waals surface area contributed by atoms with Crippen LogP contribution in [0, 0.1) is 0 Å². The molecule has 1 aromatic heterocycles. The standard InChI is InChI=1S/C26H26N6O2/c1-31-13-15-32(16-14-31)24-22-12-7-18(17-23(22)29-26(27)30-24)25(33)28-19-8-10-21(11-9-19)34-20-5-3-2-4-6-20/h2-12,17H,13-16H2,1H3,(H,28,33)(H2,27,29,30). The van der Waals surface area contributed by atoms with Crippen LogP contribution in [0.4, 0.5) is 17.5 Å². The molecule has 0 aliphatic carbocycles. The van der Waals surface area contributed by atoms with E-state index in [9.17, 15) is 4.79 Å². The van der Waals surface area contributed by atoms with Gasteiger partial charge in [0.2, 0.25) is 5.95 Å². The Bertz CT molecular complexity index is 1300. The van der Waals surface area contributed by atoms with Gasteiger partial charge in [-0.2, -0.15) is 4.98 Å². The van der Waals surface area contributed by atoms with Crippen LogP contribution >= 0.6 is 0 Å². The number of nitrogen functional groups attached to an aromatic ring is 1. The van der Waals surface area contributed by atoms with E-state index < -0.39 is 0 Å². The van der Waals surface area contributed by atoms with Crippen LogP contribution in [0.3, 0.4) is 0 Å². The largest absolute Gasteiger partial charge is 0.457 e. The van der Waals surface area contributed by atoms with Gasteiger partial charge in [0.15, 0.2) is 0 Å². The van der Waals surface area contributed by atoms with Gasteiger partial charge in [0, 0.05) is 42.8 Å². The van der Waals surface area contributed by atoms with Crippen LogP contribution in [0.25, 0.3) is 10.9 Å². The van der Waals surface area contributed by atoms with Gasteiger partial charge in [-0.1, -0.05) is 18.2 Å². The lowest BCUT2D eigenvalue weighted by Crippen LogP contribution is -2.45. The number of ether oxygens (including phenoxy) is 1. The van der Waals surface area contributed by atoms with Gasteiger partial charge in [0.05, 0.1) is 5.52 Å². The average molecular weight is 455 g/mol. The first-order chi connectivity index (χ1) is 16.5. The highest BCUT2D eigenvalue weighted by atomic mass is 16.5. The smallest absolute Gasteiger partial charge is 0.255 e. The third kappa shape index (κ3) is 4.77. The summed E-state index contributed by atoms with van der Waals surface area (Å²) in [6.45, 7) is 3.66. The summed E-state index contributed by atoms with van der Waals surface area (Å²) in [7, 11) is 2.11. The molecule has 172 valence electrons. The maximum atomic E-state index is 12.9. The Morgan fingerprint density at radius 3 is 2.35 bits per heavy atom. The predicted octanol–water partition coefficient (Wildman–Crippen LogP) is 4.01. The average Bonchev–Trinajstić information content (AvgIpc) is 2.85. The minimum absolute atomic E-state index is 0.202. The van der Waals surface area contributed by atoms with Crippen LogP contribution in [0.2, 0.25) is 0 Å². The van der Waals surface area contributed by atoms with E-state index in [0.717, 1.165) is 43.1 Å². The monoisotopic (exact) mass is 454 g/mol. The number of para-hydroxylation sites is 1. The van der Waals surface area contributed by atoms with Gasteiger partial charge in [-0.3, -0.25) is 4.79 Å². The number of carbonyl (C=O) groups excluding carboxylic acids is 1. The summed E-state index contributed by atoms with van der Waals surface area (Å²) >= 11 is 0. The number of carbonyl (C=O) groups is 1. The maximum Gasteiger partial charge on any atom is 0.255 e. The summed E-state index contributed by atoms with van der Waals surface area (Å²) in [5.74, 6) is 2.24. The molecule has 0 bridgehead atoms. The SMILES string of the molecule is CN1CCN(c2nc(N)nc3cc(C(=O)Nc4ccc(Oc5ccccc5)cc4)ccc23)CC1. The number of aromatic nitrogens is 2. The lowest BCUT2D eigenvalue weighted by atomic mass is 10.1. The van der Waals surface area contributed by atoms with Crippen molar-refractivity contribution < 1.29 is 9.53 Å². The first kappa shape index (κ1) is 21.7. The number of nitrogens with two attached hydrogens (primary N) is 1. The summed E-state index contributed by atoms with van der Waals surface area (Å²) in [5.41, 5.74) is 7.83. The second-order valence-electron chi connectivity index (χ2n) is 8.32. The highest BCUT2D eigenvalue weighted by molar-refractivity contribution is 6.07. The fourth-order valence-corrected chi connectivity index (χ4v) is 3.97. The first-order valence-corrected chi connectivity index (χ1v) is 11.2. The molecule has 0 radical (unpaired) electrons. The Labute approximate surface area is 198 Å². The van der Waals surface area contributed by atoms with Crippen LogP contribution < -0.4 is 20.7 Å². The van der Waals surface area contributed by atoms with Gasteiger partial charge in [-0.05, 0) is 61.6 Å². The van der Waals surface area contributed by atoms with Crippen LogP contribution in [0.1, 0.15) is 10.4 Å². The molecule has 1 fully saturated rings. The van der Waals surface area contributed by atoms with Crippen LogP contribution in [0.5, 0.6) is 11.5 Å². The first-order valence-electron chi connectivity index (χ1n) is 11.2. The number of nitrogens with one attached hydrogen (secondary N) is 1. The van der Waals surface area contributed by atoms with Gasteiger partial charge in [0.25, 0.3) is 5.91 Å². The predicted molar refractivity (Wildman–Crippen MR) is 135 cm³/mol. The third-order valence-electron chi connectivity index (χ3n) is 5.85. The number of rotatable bonds is 5. The molecule has 0 atom stereocenters. The number of nitrogens with zero attached hydrogens (tertiary/aromatic N) is 4. The third-order valence-corrected chi connectivity index (χ3v) is 5.85. The topological polar surface area (TPSA) is 96.6 Å². The Morgan fingerprint density at radius 1 is 0.912 bits per heavy atom. The van der Waals surface area contributed by atoms with E-state index in [4.69, 9.17) is 10.5 Å². The summed E-state index contributed by atoms with van der Waals surface area (Å²) in [5, 5.41) is 3.81. The van der Waals surface area contributed by atoms with Gasteiger partial charge in [-0.25, -0.2) is 4.98 Å². The Morgan fingerprint density at radius 2 is 1.62 bits per heavy atom. The summed E-state index contributed by atoms with van der Waals surface area (Å²) in [6.07, 6.45) is 0. The molecule has 34 heavy (non-hydrogen) atoms. The molecule has 8 heteroatoms. The molecule has 3 aromatic carbocycles. The molecule has 1 amide bonds. The van der Waals surface area contributed by atoms with E-state index in [-0.39, 0.29) is 11.9 Å². The molecule has 1 aliphatic rings. The Hall–Kier alpha value is -4.17. The molecule has 3 N–H and O–H groups in total. The number of fused-ring (bicyclic) bond motifs is 1. The maximum absolute atomic E-state index is 12.9. The van der Waals surface area contributed by atoms with Crippen molar-refractivity contribution in [2.24, 2.45) is 0 Å². The van der Waals surface area contributed by atoms with Gasteiger partial charge in [0.1, 0.15) is 17.3 Å². The van der Waals surface area contributed by atoms with Crippen molar-refractivity contribution in [2.75, 3.05) is 49.2 Å². The fraction of sp³-hybridized carbons (Fsp3) is 0.192. The van der Waals surface area contributed by atoms with E-state index in [1.165, 1.54) is 0 Å². The van der Waals surface area contributed by atoms with Crippen LogP contribution in [-0.4, -0.2) is 54.0 Å². The molecule has 1 saturated heterocycles. The zero-order chi connectivity index (χ0) is 23.5. The van der Waals surface area contributed by atoms with Crippen molar-refractivity contribution in [1.82, 2.24) is 14.9 Å². The van der Waals surface area contributed by atoms with E-state index in [2.05, 4.69) is 32.1 Å². The van der Waals surface area contributed by atoms with E-state index in [1.54, 1.807) is 12.1 Å². The van der Waals surface area contributed by atoms with Gasteiger partial charge in [-0.15, -0.1) is 0 Å². The lowest BCUT2D eigenvalue weighted by Gasteiger charge is -2.33. The zero-order valence-electron chi connectivity index (χ0n) is 18.9. The number of piperazine rings is 1. The number of likely N-dealkylation sites (N-methyl/N-ethyl adjacent to an activating group) is 1. The van der Waals surface area contributed by atoms with E-state index >= 15 is 0 Å². The second-order valence-corrected chi connectivity index (χ2v) is 8.32. The highest BCUT2D eigenvalue weighted by Crippen LogP contribution is 2.27. The Kier molecular flexibility index (Phi) is 5.97. The number of hydrogen-bond acceptors (Lipinski definition) is 7. The minimum Gasteiger partial charge on any atom is -0.457 e. The van der Waals surface area contributed by atoms with E-state index in [1.807, 2.05) is 60.7 Å². The molecule has 0 saturated carbocycles. The van der Waals surface area contributed by atoms with E-state index in [0.29, 0.717) is 22.5 Å². The van der Waals surface area contributed by atoms with Crippen molar-refractivity contribution in [3.05, 3.63) is 78.4 Å². The summed E-state index contributed by atoms with van der Waals surface area (Å²) < 4.78 is 5.80. The molecule has 0 spiro atoms. The minimum atomic E-state index is -0.225. The normalized spacial score (nSPS) is 14.2. The number of hydrogen-bond donors (Lipinski definition) is 2. The second kappa shape index (κ2) is 9.36. The zero-order valence-corrected chi connectivity index (χ0v) is 18.9. The number of benzene rings is 3. The fourth-order valence-electron chi connectivity index (χ4n) is 3.97. The molecule has 1 aliphatic heterocycles. The highest BCUT2D eigenvalue weighted by Gasteiger charge is 2.19. The molecule has 0 unspecified atom stereocenters. The lowest BCUT2D eigenvalue weighted by molar-refractivity contribution is 0.102. The molecule has 2 heterocycles. The molecule has 8 nitrogen and oxygen atoms in total. The van der Waals surface area contributed by atoms with Gasteiger partial charge < -0.3 is 25.6 Å². The van der Waals surface area contributed by atoms with Crippen molar-refractivity contribution in [2.45, 2.75) is 0 Å². The van der Waals surface area contributed by atoms with Gasteiger partial charge >= 0.3 is 0 Å². The quantitative estimate of drug-likeness (QED) is 0.470. The molecule has 4 aromatic rings. The van der Waals surface area contributed by atoms with Crippen molar-refractivity contribution in [3.8, 4) is 11.5 Å². The number of amides is 1. The summed E-state index contributed by atoms with van der Waals surface area (Å²) in [4.78, 5) is 26.3. The van der Waals surface area contributed by atoms with Crippen LogP contribution in [-0.2, 0) is 0 Å². The Balaban J connectivity index is 1.32. The summed E-state index contributed by atoms with van der Waals surface area (Å²) in [6, 6.07) is 22.3. The van der Waals surface area contributed by atoms with Crippen LogP contribution in [0.15, 0.2) is 72.8 Å².